The van der Waals surface area contributed by atoms with Crippen LogP contribution in [-0.2, 0) is 4.79 Å². The van der Waals surface area contributed by atoms with Crippen molar-refractivity contribution in [1.29, 1.82) is 0 Å². The number of benzene rings is 1. The predicted octanol–water partition coefficient (Wildman–Crippen LogP) is 3.26. The molecule has 6 nitrogen and oxygen atoms in total. The number of likely N-dealkylation sites (tertiary alicyclic amines) is 1. The van der Waals surface area contributed by atoms with Gasteiger partial charge in [-0.1, -0.05) is 6.07 Å². The molecule has 1 N–H and O–H groups in total. The number of hydrogen-bond acceptors (Lipinski definition) is 5. The first-order chi connectivity index (χ1) is 12.6. The van der Waals surface area contributed by atoms with E-state index in [2.05, 4.69) is 5.32 Å². The van der Waals surface area contributed by atoms with Gasteiger partial charge in [-0.05, 0) is 36.4 Å². The van der Waals surface area contributed by atoms with Gasteiger partial charge in [0.15, 0.2) is 11.5 Å². The normalized spacial score (nSPS) is 16.8. The van der Waals surface area contributed by atoms with Crippen molar-refractivity contribution >= 4 is 28.8 Å². The van der Waals surface area contributed by atoms with Crippen molar-refractivity contribution in [3.05, 3.63) is 40.6 Å². The number of carbonyl (C=O) groups excluding carboxylic acids is 2. The fourth-order valence-corrected chi connectivity index (χ4v) is 3.78. The monoisotopic (exact) mass is 374 g/mol. The number of thiophene rings is 1. The van der Waals surface area contributed by atoms with Crippen LogP contribution >= 0.6 is 11.3 Å². The van der Waals surface area contributed by atoms with Gasteiger partial charge in [0.2, 0.25) is 5.91 Å². The summed E-state index contributed by atoms with van der Waals surface area (Å²) < 4.78 is 10.5. The van der Waals surface area contributed by atoms with Crippen LogP contribution in [0.25, 0.3) is 0 Å². The number of piperidine rings is 1. The fraction of sp³-hybridized carbons (Fsp3) is 0.368. The summed E-state index contributed by atoms with van der Waals surface area (Å²) in [4.78, 5) is 27.7. The standard InChI is InChI=1S/C19H22N2O4S/c1-24-15-8-7-14(11-16(15)25-2)20-18(22)13-5-3-9-21(12-13)19(23)17-6-4-10-26-17/h4,6-8,10-11,13H,3,5,9,12H2,1-2H3,(H,20,22)/t13-/m1/s1. The summed E-state index contributed by atoms with van der Waals surface area (Å²) in [7, 11) is 3.12. The molecule has 0 unspecified atom stereocenters. The number of nitrogens with one attached hydrogen (secondary N) is 1. The van der Waals surface area contributed by atoms with Gasteiger partial charge in [0.05, 0.1) is 25.0 Å². The Hall–Kier alpha value is -2.54. The molecule has 2 aromatic rings. The Morgan fingerprint density at radius 3 is 2.69 bits per heavy atom. The third-order valence-corrected chi connectivity index (χ3v) is 5.32. The van der Waals surface area contributed by atoms with Crippen LogP contribution in [0.5, 0.6) is 11.5 Å². The highest BCUT2D eigenvalue weighted by atomic mass is 32.1. The molecule has 0 aliphatic carbocycles. The SMILES string of the molecule is COc1ccc(NC(=O)[C@@H]2CCCN(C(=O)c3cccs3)C2)cc1OC. The average molecular weight is 374 g/mol. The number of ether oxygens (including phenoxy) is 2. The number of carbonyl (C=O) groups is 2. The molecule has 1 aromatic carbocycles. The largest absolute Gasteiger partial charge is 0.493 e. The number of anilines is 1. The molecular weight excluding hydrogens is 352 g/mol. The fourth-order valence-electron chi connectivity index (χ4n) is 3.09. The van der Waals surface area contributed by atoms with Crippen molar-refractivity contribution < 1.29 is 19.1 Å². The van der Waals surface area contributed by atoms with Gasteiger partial charge >= 0.3 is 0 Å². The van der Waals surface area contributed by atoms with E-state index in [1.54, 1.807) is 37.3 Å². The highest BCUT2D eigenvalue weighted by Crippen LogP contribution is 2.30. The van der Waals surface area contributed by atoms with E-state index in [0.717, 1.165) is 12.8 Å². The van der Waals surface area contributed by atoms with Crippen LogP contribution in [0, 0.1) is 5.92 Å². The molecule has 0 radical (unpaired) electrons. The Kier molecular flexibility index (Phi) is 5.78. The molecule has 3 rings (SSSR count). The molecule has 1 aliphatic rings. The number of rotatable bonds is 5. The number of amides is 2. The van der Waals surface area contributed by atoms with E-state index in [1.165, 1.54) is 11.3 Å². The lowest BCUT2D eigenvalue weighted by atomic mass is 9.97. The van der Waals surface area contributed by atoms with E-state index >= 15 is 0 Å². The summed E-state index contributed by atoms with van der Waals surface area (Å²) in [5.41, 5.74) is 0.648. The molecule has 0 bridgehead atoms. The van der Waals surface area contributed by atoms with E-state index in [9.17, 15) is 9.59 Å². The van der Waals surface area contributed by atoms with Crippen LogP contribution in [-0.4, -0.2) is 44.0 Å². The highest BCUT2D eigenvalue weighted by molar-refractivity contribution is 7.12. The third-order valence-electron chi connectivity index (χ3n) is 4.46. The van der Waals surface area contributed by atoms with Crippen molar-refractivity contribution in [1.82, 2.24) is 4.90 Å². The van der Waals surface area contributed by atoms with E-state index in [0.29, 0.717) is 35.2 Å². The topological polar surface area (TPSA) is 67.9 Å². The minimum atomic E-state index is -0.222. The molecule has 1 saturated heterocycles. The molecule has 1 aromatic heterocycles. The van der Waals surface area contributed by atoms with Gasteiger partial charge in [0, 0.05) is 24.8 Å². The molecule has 1 atom stereocenters. The first-order valence-corrected chi connectivity index (χ1v) is 9.36. The van der Waals surface area contributed by atoms with E-state index < -0.39 is 0 Å². The Morgan fingerprint density at radius 2 is 2.00 bits per heavy atom. The van der Waals surface area contributed by atoms with E-state index in [4.69, 9.17) is 9.47 Å². The summed E-state index contributed by atoms with van der Waals surface area (Å²) >= 11 is 1.43. The Balaban J connectivity index is 1.65. The summed E-state index contributed by atoms with van der Waals surface area (Å²) in [6.07, 6.45) is 1.59. The maximum Gasteiger partial charge on any atom is 0.263 e. The van der Waals surface area contributed by atoms with Gasteiger partial charge in [-0.25, -0.2) is 0 Å². The van der Waals surface area contributed by atoms with Crippen molar-refractivity contribution in [2.45, 2.75) is 12.8 Å². The van der Waals surface area contributed by atoms with Crippen LogP contribution < -0.4 is 14.8 Å². The minimum Gasteiger partial charge on any atom is -0.493 e. The van der Waals surface area contributed by atoms with Crippen LogP contribution in [0.4, 0.5) is 5.69 Å². The third kappa shape index (κ3) is 3.99. The maximum atomic E-state index is 12.7. The van der Waals surface area contributed by atoms with Crippen molar-refractivity contribution in [2.75, 3.05) is 32.6 Å². The van der Waals surface area contributed by atoms with Gasteiger partial charge in [0.1, 0.15) is 0 Å². The molecule has 2 amide bonds. The lowest BCUT2D eigenvalue weighted by Gasteiger charge is -2.31. The summed E-state index contributed by atoms with van der Waals surface area (Å²) in [6.45, 7) is 1.13. The van der Waals surface area contributed by atoms with Crippen LogP contribution in [0.2, 0.25) is 0 Å². The lowest BCUT2D eigenvalue weighted by molar-refractivity contribution is -0.121. The van der Waals surface area contributed by atoms with Crippen molar-refractivity contribution in [2.24, 2.45) is 5.92 Å². The Labute approximate surface area is 156 Å². The zero-order valence-electron chi connectivity index (χ0n) is 14.9. The zero-order chi connectivity index (χ0) is 18.5. The van der Waals surface area contributed by atoms with E-state index in [-0.39, 0.29) is 17.7 Å². The Bertz CT molecular complexity index is 776. The van der Waals surface area contributed by atoms with Gasteiger partial charge in [-0.3, -0.25) is 9.59 Å². The lowest BCUT2D eigenvalue weighted by Crippen LogP contribution is -2.43. The maximum absolute atomic E-state index is 12.7. The second-order valence-electron chi connectivity index (χ2n) is 6.13. The van der Waals surface area contributed by atoms with Gasteiger partial charge in [0.25, 0.3) is 5.91 Å². The molecule has 1 aliphatic heterocycles. The second-order valence-corrected chi connectivity index (χ2v) is 7.07. The molecule has 7 heteroatoms. The Morgan fingerprint density at radius 1 is 1.19 bits per heavy atom. The predicted molar refractivity (Wildman–Crippen MR) is 101 cm³/mol. The first-order valence-electron chi connectivity index (χ1n) is 8.48. The zero-order valence-corrected chi connectivity index (χ0v) is 15.7. The van der Waals surface area contributed by atoms with Crippen LogP contribution in [0.3, 0.4) is 0 Å². The van der Waals surface area contributed by atoms with E-state index in [1.807, 2.05) is 17.5 Å². The van der Waals surface area contributed by atoms with Crippen molar-refractivity contribution in [3.63, 3.8) is 0 Å². The number of hydrogen-bond donors (Lipinski definition) is 1. The average Bonchev–Trinajstić information content (AvgIpc) is 3.22. The van der Waals surface area contributed by atoms with Gasteiger partial charge in [-0.2, -0.15) is 0 Å². The quantitative estimate of drug-likeness (QED) is 0.872. The molecule has 138 valence electrons. The molecule has 0 spiro atoms. The highest BCUT2D eigenvalue weighted by Gasteiger charge is 2.29. The number of nitrogens with zero attached hydrogens (tertiary/aromatic N) is 1. The molecule has 0 saturated carbocycles. The molecular formula is C19H22N2O4S. The van der Waals surface area contributed by atoms with Gasteiger partial charge < -0.3 is 19.7 Å². The molecule has 1 fully saturated rings. The minimum absolute atomic E-state index is 0.00335. The summed E-state index contributed by atoms with van der Waals surface area (Å²) in [5.74, 6) is 0.865. The smallest absolute Gasteiger partial charge is 0.263 e. The second kappa shape index (κ2) is 8.23. The molecule has 26 heavy (non-hydrogen) atoms. The van der Waals surface area contributed by atoms with Crippen LogP contribution in [0.1, 0.15) is 22.5 Å². The first kappa shape index (κ1) is 18.3. The summed E-state index contributed by atoms with van der Waals surface area (Å²) in [6, 6.07) is 8.94. The van der Waals surface area contributed by atoms with Crippen molar-refractivity contribution in [3.8, 4) is 11.5 Å². The molecule has 2 heterocycles. The van der Waals surface area contributed by atoms with Gasteiger partial charge in [-0.15, -0.1) is 11.3 Å². The number of methoxy groups -OCH3 is 2. The van der Waals surface area contributed by atoms with Crippen LogP contribution in [0.15, 0.2) is 35.7 Å². The summed E-state index contributed by atoms with van der Waals surface area (Å²) in [5, 5.41) is 4.81.